The van der Waals surface area contributed by atoms with Gasteiger partial charge in [-0.15, -0.1) is 6.42 Å². The summed E-state index contributed by atoms with van der Waals surface area (Å²) < 4.78 is 24.1. The number of allylic oxidation sites excluding steroid dienone is 1. The van der Waals surface area contributed by atoms with E-state index in [9.17, 15) is 9.59 Å². The number of rotatable bonds is 9. The standard InChI is InChI=1S/C30H28Cl2N2O6S/c1-7-11-39-27-20(31)12-18(13-21(27)32)14-24-28(35)34-26(19-9-10-22(40-16(3)4)23(15-19)37-6)25(29(36)38-8-2)17(5)33-30(34)41-24/h1,9-10,12-16,26H,8,11H2,2-6H3/b24-14-/t26-/m1/s1. The van der Waals surface area contributed by atoms with Gasteiger partial charge in [0, 0.05) is 0 Å². The summed E-state index contributed by atoms with van der Waals surface area (Å²) in [6, 6.07) is 7.75. The number of ether oxygens (including phenoxy) is 4. The molecule has 0 fully saturated rings. The molecule has 0 amide bonds. The molecule has 1 aliphatic heterocycles. The summed E-state index contributed by atoms with van der Waals surface area (Å²) in [5.41, 5.74) is 1.56. The third kappa shape index (κ3) is 6.30. The van der Waals surface area contributed by atoms with Crippen molar-refractivity contribution in [3.05, 3.63) is 82.5 Å². The van der Waals surface area contributed by atoms with Crippen LogP contribution in [0.15, 0.2) is 51.4 Å². The van der Waals surface area contributed by atoms with Crippen LogP contribution in [-0.2, 0) is 9.53 Å². The highest BCUT2D eigenvalue weighted by Crippen LogP contribution is 2.37. The number of fused-ring (bicyclic) bond motifs is 1. The number of aromatic nitrogens is 1. The van der Waals surface area contributed by atoms with Crippen molar-refractivity contribution in [2.45, 2.75) is 39.8 Å². The molecule has 41 heavy (non-hydrogen) atoms. The number of hydrogen-bond donors (Lipinski definition) is 0. The lowest BCUT2D eigenvalue weighted by molar-refractivity contribution is -0.139. The van der Waals surface area contributed by atoms with Gasteiger partial charge >= 0.3 is 5.97 Å². The molecule has 0 saturated carbocycles. The summed E-state index contributed by atoms with van der Waals surface area (Å²) in [7, 11) is 1.53. The minimum Gasteiger partial charge on any atom is -0.493 e. The van der Waals surface area contributed by atoms with Crippen molar-refractivity contribution in [2.75, 3.05) is 20.3 Å². The van der Waals surface area contributed by atoms with Crippen molar-refractivity contribution in [3.63, 3.8) is 0 Å². The van der Waals surface area contributed by atoms with Crippen molar-refractivity contribution in [2.24, 2.45) is 4.99 Å². The van der Waals surface area contributed by atoms with Gasteiger partial charge in [-0.05, 0) is 69.2 Å². The molecule has 0 unspecified atom stereocenters. The molecule has 2 heterocycles. The minimum atomic E-state index is -0.818. The largest absolute Gasteiger partial charge is 0.493 e. The van der Waals surface area contributed by atoms with Gasteiger partial charge in [-0.3, -0.25) is 9.36 Å². The number of carbonyl (C=O) groups is 1. The molecule has 214 valence electrons. The molecule has 0 radical (unpaired) electrons. The molecule has 0 bridgehead atoms. The van der Waals surface area contributed by atoms with Gasteiger partial charge in [-0.25, -0.2) is 9.79 Å². The van der Waals surface area contributed by atoms with E-state index < -0.39 is 12.0 Å². The SMILES string of the molecule is C#CCOc1c(Cl)cc(/C=c2\sc3n(c2=O)[C@H](c2ccc(OC(C)C)c(OC)c2)C(C(=O)OCC)=C(C)N=3)cc1Cl. The van der Waals surface area contributed by atoms with E-state index in [4.69, 9.17) is 48.6 Å². The van der Waals surface area contributed by atoms with Gasteiger partial charge in [0.2, 0.25) is 0 Å². The zero-order chi connectivity index (χ0) is 29.8. The molecule has 1 aromatic heterocycles. The van der Waals surface area contributed by atoms with Crippen LogP contribution in [0.2, 0.25) is 10.0 Å². The predicted octanol–water partition coefficient (Wildman–Crippen LogP) is 4.91. The Hall–Kier alpha value is -3.71. The lowest BCUT2D eigenvalue weighted by Gasteiger charge is -2.25. The molecule has 4 rings (SSSR count). The molecule has 3 aromatic rings. The van der Waals surface area contributed by atoms with Crippen LogP contribution in [0.25, 0.3) is 6.08 Å². The minimum absolute atomic E-state index is 0.00883. The number of carbonyl (C=O) groups excluding carboxylic acids is 1. The number of methoxy groups -OCH3 is 1. The van der Waals surface area contributed by atoms with Crippen LogP contribution >= 0.6 is 34.5 Å². The quantitative estimate of drug-likeness (QED) is 0.251. The van der Waals surface area contributed by atoms with E-state index in [1.54, 1.807) is 50.3 Å². The Morgan fingerprint density at radius 2 is 1.93 bits per heavy atom. The highest BCUT2D eigenvalue weighted by atomic mass is 35.5. The van der Waals surface area contributed by atoms with Gasteiger partial charge in [0.1, 0.15) is 6.61 Å². The number of terminal acetylenes is 1. The molecule has 1 atom stereocenters. The van der Waals surface area contributed by atoms with Gasteiger partial charge < -0.3 is 18.9 Å². The summed E-state index contributed by atoms with van der Waals surface area (Å²) in [4.78, 5) is 32.1. The third-order valence-electron chi connectivity index (χ3n) is 6.00. The maximum Gasteiger partial charge on any atom is 0.338 e. The van der Waals surface area contributed by atoms with E-state index in [2.05, 4.69) is 10.9 Å². The van der Waals surface area contributed by atoms with Crippen molar-refractivity contribution in [1.29, 1.82) is 0 Å². The zero-order valence-corrected chi connectivity index (χ0v) is 25.4. The summed E-state index contributed by atoms with van der Waals surface area (Å²) in [5.74, 6) is 3.08. The van der Waals surface area contributed by atoms with Gasteiger partial charge in [-0.2, -0.15) is 0 Å². The van der Waals surface area contributed by atoms with Gasteiger partial charge in [0.05, 0.1) is 51.7 Å². The molecule has 1 aliphatic rings. The highest BCUT2D eigenvalue weighted by molar-refractivity contribution is 7.07. The Kier molecular flexibility index (Phi) is 9.49. The molecule has 2 aromatic carbocycles. The molecule has 0 saturated heterocycles. The first-order valence-corrected chi connectivity index (χ1v) is 14.3. The van der Waals surface area contributed by atoms with Crippen molar-refractivity contribution in [3.8, 4) is 29.6 Å². The van der Waals surface area contributed by atoms with Gasteiger partial charge in [-0.1, -0.05) is 46.5 Å². The Morgan fingerprint density at radius 1 is 1.22 bits per heavy atom. The summed E-state index contributed by atoms with van der Waals surface area (Å²) in [6.45, 7) is 7.44. The van der Waals surface area contributed by atoms with Crippen molar-refractivity contribution < 1.29 is 23.7 Å². The smallest absolute Gasteiger partial charge is 0.338 e. The topological polar surface area (TPSA) is 88.3 Å². The summed E-state index contributed by atoms with van der Waals surface area (Å²) >= 11 is 13.9. The molecule has 0 aliphatic carbocycles. The second-order valence-electron chi connectivity index (χ2n) is 9.19. The van der Waals surface area contributed by atoms with Crippen molar-refractivity contribution >= 4 is 46.6 Å². The molecular formula is C30H28Cl2N2O6S. The monoisotopic (exact) mass is 614 g/mol. The van der Waals surface area contributed by atoms with E-state index >= 15 is 0 Å². The van der Waals surface area contributed by atoms with E-state index in [1.165, 1.54) is 23.0 Å². The Morgan fingerprint density at radius 3 is 2.54 bits per heavy atom. The van der Waals surface area contributed by atoms with Crippen LogP contribution in [0.4, 0.5) is 0 Å². The van der Waals surface area contributed by atoms with Crippen LogP contribution in [0.5, 0.6) is 17.2 Å². The first-order valence-electron chi connectivity index (χ1n) is 12.7. The fraction of sp³-hybridized carbons (Fsp3) is 0.300. The second-order valence-corrected chi connectivity index (χ2v) is 11.0. The fourth-order valence-electron chi connectivity index (χ4n) is 4.38. The van der Waals surface area contributed by atoms with Crippen LogP contribution in [0.1, 0.15) is 44.9 Å². The van der Waals surface area contributed by atoms with E-state index in [0.717, 1.165) is 0 Å². The second kappa shape index (κ2) is 12.9. The lowest BCUT2D eigenvalue weighted by Crippen LogP contribution is -2.40. The van der Waals surface area contributed by atoms with Crippen LogP contribution < -0.4 is 29.1 Å². The lowest BCUT2D eigenvalue weighted by atomic mass is 9.95. The maximum absolute atomic E-state index is 13.9. The van der Waals surface area contributed by atoms with Crippen molar-refractivity contribution in [1.82, 2.24) is 4.57 Å². The first-order chi connectivity index (χ1) is 19.6. The maximum atomic E-state index is 13.9. The molecule has 11 heteroatoms. The predicted molar refractivity (Wildman–Crippen MR) is 160 cm³/mol. The van der Waals surface area contributed by atoms with Gasteiger partial charge in [0.25, 0.3) is 5.56 Å². The average Bonchev–Trinajstić information content (AvgIpc) is 3.21. The number of hydrogen-bond acceptors (Lipinski definition) is 8. The van der Waals surface area contributed by atoms with E-state index in [1.807, 2.05) is 13.8 Å². The number of nitrogens with zero attached hydrogens (tertiary/aromatic N) is 2. The zero-order valence-electron chi connectivity index (χ0n) is 23.1. The van der Waals surface area contributed by atoms with Crippen LogP contribution in [-0.4, -0.2) is 37.0 Å². The molecule has 0 spiro atoms. The van der Waals surface area contributed by atoms with Gasteiger partial charge in [0.15, 0.2) is 22.0 Å². The molecular weight excluding hydrogens is 587 g/mol. The number of halogens is 2. The summed E-state index contributed by atoms with van der Waals surface area (Å²) in [5, 5.41) is 0.502. The summed E-state index contributed by atoms with van der Waals surface area (Å²) in [6.07, 6.45) is 6.85. The average molecular weight is 616 g/mol. The Bertz CT molecular complexity index is 1730. The van der Waals surface area contributed by atoms with E-state index in [-0.39, 0.29) is 46.2 Å². The van der Waals surface area contributed by atoms with Crippen LogP contribution in [0.3, 0.4) is 0 Å². The highest BCUT2D eigenvalue weighted by Gasteiger charge is 2.34. The fourth-order valence-corrected chi connectivity index (χ4v) is 6.04. The normalized spacial score (nSPS) is 14.8. The molecule has 0 N–H and O–H groups in total. The Balaban J connectivity index is 1.91. The number of esters is 1. The number of benzene rings is 2. The first kappa shape index (κ1) is 30.3. The van der Waals surface area contributed by atoms with Crippen LogP contribution in [0, 0.1) is 12.3 Å². The third-order valence-corrected chi connectivity index (χ3v) is 7.55. The number of thiazole rings is 1. The Labute approximate surface area is 251 Å². The van der Waals surface area contributed by atoms with E-state index in [0.29, 0.717) is 37.7 Å². The molecule has 8 nitrogen and oxygen atoms in total.